The van der Waals surface area contributed by atoms with Gasteiger partial charge >= 0.3 is 0 Å². The van der Waals surface area contributed by atoms with E-state index in [1.807, 2.05) is 13.0 Å². The average molecular weight is 295 g/mol. The lowest BCUT2D eigenvalue weighted by atomic mass is 9.91. The number of nitrogens with zero attached hydrogens (tertiary/aromatic N) is 1. The molecule has 0 N–H and O–H groups in total. The molecule has 1 aliphatic rings. The molecule has 1 aromatic carbocycles. The maximum atomic E-state index is 12.1. The van der Waals surface area contributed by atoms with Crippen LogP contribution in [0.3, 0.4) is 0 Å². The molecule has 1 aromatic rings. The molecule has 0 unspecified atom stereocenters. The van der Waals surface area contributed by atoms with Crippen molar-refractivity contribution in [3.8, 4) is 0 Å². The number of hydrogen-bond donors (Lipinski definition) is 0. The number of unbranched alkanes of at least 4 members (excludes halogenated alkanes) is 1. The summed E-state index contributed by atoms with van der Waals surface area (Å²) in [5, 5.41) is 0. The van der Waals surface area contributed by atoms with Gasteiger partial charge in [0, 0.05) is 13.1 Å². The van der Waals surface area contributed by atoms with Gasteiger partial charge in [-0.2, -0.15) is 0 Å². The Morgan fingerprint density at radius 1 is 1.15 bits per heavy atom. The third kappa shape index (κ3) is 4.32. The van der Waals surface area contributed by atoms with Gasteiger partial charge in [-0.05, 0) is 37.2 Å². The lowest BCUT2D eigenvalue weighted by molar-refractivity contribution is 0.272. The fourth-order valence-electron chi connectivity index (χ4n) is 2.79. The second-order valence-corrected chi connectivity index (χ2v) is 7.79. The summed E-state index contributed by atoms with van der Waals surface area (Å²) in [6.45, 7) is 3.43. The highest BCUT2D eigenvalue weighted by Gasteiger charge is 2.27. The Morgan fingerprint density at radius 3 is 2.40 bits per heavy atom. The van der Waals surface area contributed by atoms with Crippen LogP contribution in [0, 0.1) is 5.92 Å². The maximum Gasteiger partial charge on any atom is 0.214 e. The van der Waals surface area contributed by atoms with Crippen molar-refractivity contribution in [1.29, 1.82) is 0 Å². The van der Waals surface area contributed by atoms with Crippen molar-refractivity contribution in [3.63, 3.8) is 0 Å². The van der Waals surface area contributed by atoms with Gasteiger partial charge in [-0.15, -0.1) is 0 Å². The Kier molecular flexibility index (Phi) is 5.61. The van der Waals surface area contributed by atoms with Gasteiger partial charge in [-0.25, -0.2) is 12.7 Å². The Bertz CT molecular complexity index is 490. The molecule has 20 heavy (non-hydrogen) atoms. The van der Waals surface area contributed by atoms with Gasteiger partial charge in [0.1, 0.15) is 0 Å². The summed E-state index contributed by atoms with van der Waals surface area (Å²) in [7, 11) is -3.01. The Labute approximate surface area is 123 Å². The molecule has 4 heteroatoms. The van der Waals surface area contributed by atoms with Crippen LogP contribution in [0.1, 0.15) is 38.2 Å². The molecule has 112 valence electrons. The van der Waals surface area contributed by atoms with Crippen LogP contribution in [-0.4, -0.2) is 31.6 Å². The summed E-state index contributed by atoms with van der Waals surface area (Å²) < 4.78 is 26.0. The fourth-order valence-corrected chi connectivity index (χ4v) is 4.47. The van der Waals surface area contributed by atoms with E-state index < -0.39 is 10.0 Å². The van der Waals surface area contributed by atoms with Crippen molar-refractivity contribution in [2.24, 2.45) is 5.92 Å². The van der Waals surface area contributed by atoms with Crippen molar-refractivity contribution >= 4 is 10.0 Å². The lowest BCUT2D eigenvalue weighted by Gasteiger charge is -2.31. The van der Waals surface area contributed by atoms with Gasteiger partial charge in [0.25, 0.3) is 0 Å². The number of benzene rings is 1. The van der Waals surface area contributed by atoms with Crippen molar-refractivity contribution in [2.75, 3.05) is 18.8 Å². The summed E-state index contributed by atoms with van der Waals surface area (Å²) in [6.07, 6.45) is 4.75. The quantitative estimate of drug-likeness (QED) is 0.809. The van der Waals surface area contributed by atoms with Crippen molar-refractivity contribution in [1.82, 2.24) is 4.31 Å². The first-order chi connectivity index (χ1) is 9.62. The molecule has 2 rings (SSSR count). The van der Waals surface area contributed by atoms with E-state index in [9.17, 15) is 8.42 Å². The minimum atomic E-state index is -3.01. The summed E-state index contributed by atoms with van der Waals surface area (Å²) in [4.78, 5) is 0. The van der Waals surface area contributed by atoms with Gasteiger partial charge in [-0.3, -0.25) is 0 Å². The second kappa shape index (κ2) is 7.23. The van der Waals surface area contributed by atoms with E-state index in [-0.39, 0.29) is 0 Å². The Hall–Kier alpha value is -0.870. The smallest absolute Gasteiger partial charge is 0.212 e. The number of hydrogen-bond acceptors (Lipinski definition) is 2. The van der Waals surface area contributed by atoms with E-state index >= 15 is 0 Å². The highest BCUT2D eigenvalue weighted by molar-refractivity contribution is 7.89. The van der Waals surface area contributed by atoms with Crippen LogP contribution in [0.15, 0.2) is 30.3 Å². The van der Waals surface area contributed by atoms with Crippen molar-refractivity contribution in [2.45, 2.75) is 39.0 Å². The molecule has 0 spiro atoms. The van der Waals surface area contributed by atoms with Crippen LogP contribution in [0.2, 0.25) is 0 Å². The van der Waals surface area contributed by atoms with E-state index in [2.05, 4.69) is 24.3 Å². The average Bonchev–Trinajstić information content (AvgIpc) is 2.47. The third-order valence-corrected chi connectivity index (χ3v) is 6.05. The van der Waals surface area contributed by atoms with Crippen molar-refractivity contribution < 1.29 is 8.42 Å². The zero-order valence-electron chi connectivity index (χ0n) is 12.3. The SMILES string of the molecule is CCCCS(=O)(=O)N1CCC(Cc2ccccc2)CC1. The predicted molar refractivity (Wildman–Crippen MR) is 83.1 cm³/mol. The zero-order chi connectivity index (χ0) is 14.4. The van der Waals surface area contributed by atoms with Crippen LogP contribution in [0.25, 0.3) is 0 Å². The van der Waals surface area contributed by atoms with E-state index in [0.717, 1.165) is 32.1 Å². The van der Waals surface area contributed by atoms with Gasteiger partial charge in [-0.1, -0.05) is 43.7 Å². The predicted octanol–water partition coefficient (Wildman–Crippen LogP) is 3.07. The van der Waals surface area contributed by atoms with E-state index in [4.69, 9.17) is 0 Å². The molecular weight excluding hydrogens is 270 g/mol. The summed E-state index contributed by atoms with van der Waals surface area (Å²) in [6, 6.07) is 10.5. The normalized spacial score (nSPS) is 18.2. The maximum absolute atomic E-state index is 12.1. The number of piperidine rings is 1. The first-order valence-corrected chi connectivity index (χ1v) is 9.24. The molecule has 1 saturated heterocycles. The number of sulfonamides is 1. The van der Waals surface area contributed by atoms with Gasteiger partial charge in [0.05, 0.1) is 5.75 Å². The van der Waals surface area contributed by atoms with E-state index in [1.165, 1.54) is 5.56 Å². The molecule has 0 atom stereocenters. The van der Waals surface area contributed by atoms with Crippen molar-refractivity contribution in [3.05, 3.63) is 35.9 Å². The van der Waals surface area contributed by atoms with E-state index in [1.54, 1.807) is 4.31 Å². The highest BCUT2D eigenvalue weighted by Crippen LogP contribution is 2.23. The monoisotopic (exact) mass is 295 g/mol. The molecule has 0 bridgehead atoms. The summed E-state index contributed by atoms with van der Waals surface area (Å²) >= 11 is 0. The standard InChI is InChI=1S/C16H25NO2S/c1-2-3-13-20(18,19)17-11-9-16(10-12-17)14-15-7-5-4-6-8-15/h4-8,16H,2-3,9-14H2,1H3. The molecule has 0 saturated carbocycles. The van der Waals surface area contributed by atoms with Gasteiger partial charge in [0.15, 0.2) is 0 Å². The largest absolute Gasteiger partial charge is 0.214 e. The fraction of sp³-hybridized carbons (Fsp3) is 0.625. The van der Waals surface area contributed by atoms with Crippen LogP contribution in [-0.2, 0) is 16.4 Å². The second-order valence-electron chi connectivity index (χ2n) is 5.70. The molecule has 0 aliphatic carbocycles. The molecule has 1 aliphatic heterocycles. The van der Waals surface area contributed by atoms with Crippen LogP contribution >= 0.6 is 0 Å². The highest BCUT2D eigenvalue weighted by atomic mass is 32.2. The summed E-state index contributed by atoms with van der Waals surface area (Å²) in [5.74, 6) is 0.933. The first-order valence-electron chi connectivity index (χ1n) is 7.63. The van der Waals surface area contributed by atoms with Crippen LogP contribution in [0.4, 0.5) is 0 Å². The molecule has 0 aromatic heterocycles. The minimum absolute atomic E-state index is 0.312. The van der Waals surface area contributed by atoms with Gasteiger partial charge < -0.3 is 0 Å². The molecule has 0 amide bonds. The first kappa shape index (κ1) is 15.5. The molecule has 1 fully saturated rings. The molecule has 0 radical (unpaired) electrons. The minimum Gasteiger partial charge on any atom is -0.212 e. The number of rotatable bonds is 6. The molecular formula is C16H25NO2S. The summed E-state index contributed by atoms with van der Waals surface area (Å²) in [5.41, 5.74) is 1.36. The Morgan fingerprint density at radius 2 is 1.80 bits per heavy atom. The van der Waals surface area contributed by atoms with Crippen LogP contribution in [0.5, 0.6) is 0 Å². The molecule has 1 heterocycles. The van der Waals surface area contributed by atoms with E-state index in [0.29, 0.717) is 24.8 Å². The zero-order valence-corrected chi connectivity index (χ0v) is 13.1. The van der Waals surface area contributed by atoms with Crippen LogP contribution < -0.4 is 0 Å². The third-order valence-electron chi connectivity index (χ3n) is 4.09. The lowest BCUT2D eigenvalue weighted by Crippen LogP contribution is -2.40. The molecule has 3 nitrogen and oxygen atoms in total. The van der Waals surface area contributed by atoms with Gasteiger partial charge in [0.2, 0.25) is 10.0 Å². The Balaban J connectivity index is 1.83. The topological polar surface area (TPSA) is 37.4 Å².